The number of ether oxygens (including phenoxy) is 1. The van der Waals surface area contributed by atoms with Crippen LogP contribution in [0.4, 0.5) is 4.39 Å². The minimum atomic E-state index is -0.632. The van der Waals surface area contributed by atoms with Crippen LogP contribution in [0.5, 0.6) is 5.75 Å². The van der Waals surface area contributed by atoms with E-state index in [1.54, 1.807) is 18.2 Å². The van der Waals surface area contributed by atoms with Crippen LogP contribution in [0, 0.1) is 5.82 Å². The normalized spacial score (nSPS) is 10.3. The summed E-state index contributed by atoms with van der Waals surface area (Å²) in [5.41, 5.74) is 1.11. The third-order valence-electron chi connectivity index (χ3n) is 3.77. The topological polar surface area (TPSA) is 67.4 Å². The van der Waals surface area contributed by atoms with Crippen molar-refractivity contribution >= 4 is 46.6 Å². The second-order valence-electron chi connectivity index (χ2n) is 6.00. The molecule has 0 heterocycles. The van der Waals surface area contributed by atoms with Crippen molar-refractivity contribution < 1.29 is 18.7 Å². The molecule has 0 bridgehead atoms. The minimum absolute atomic E-state index is 0.0299. The van der Waals surface area contributed by atoms with E-state index in [1.807, 2.05) is 0 Å². The molecule has 0 radical (unpaired) electrons. The highest BCUT2D eigenvalue weighted by Crippen LogP contribution is 2.22. The zero-order valence-corrected chi connectivity index (χ0v) is 17.5. The average molecular weight is 460 g/mol. The molecule has 0 aliphatic rings. The van der Waals surface area contributed by atoms with Crippen molar-refractivity contribution in [2.24, 2.45) is 0 Å². The first-order valence-corrected chi connectivity index (χ1v) is 9.64. The lowest BCUT2D eigenvalue weighted by Gasteiger charge is -2.10. The fraction of sp³-hybridized carbons (Fsp3) is 0.200. The van der Waals surface area contributed by atoms with Gasteiger partial charge in [-0.3, -0.25) is 9.59 Å². The number of carbonyl (C=O) groups excluding carboxylic acids is 2. The molecule has 0 saturated carbocycles. The zero-order chi connectivity index (χ0) is 21.4. The number of amides is 2. The summed E-state index contributed by atoms with van der Waals surface area (Å²) in [6.45, 7) is 3.89. The maximum Gasteiger partial charge on any atom is 0.257 e. The van der Waals surface area contributed by atoms with E-state index >= 15 is 0 Å². The number of benzene rings is 2. The predicted octanol–water partition coefficient (Wildman–Crippen LogP) is 4.54. The monoisotopic (exact) mass is 458 g/mol. The van der Waals surface area contributed by atoms with Crippen molar-refractivity contribution in [3.63, 3.8) is 0 Å². The first-order chi connectivity index (χ1) is 13.8. The maximum absolute atomic E-state index is 13.3. The lowest BCUT2D eigenvalue weighted by atomic mass is 10.2. The van der Waals surface area contributed by atoms with Crippen molar-refractivity contribution in [3.8, 4) is 5.75 Å². The van der Waals surface area contributed by atoms with E-state index in [1.165, 1.54) is 12.1 Å². The molecule has 9 heteroatoms. The first kappa shape index (κ1) is 23.0. The molecule has 2 amide bonds. The smallest absolute Gasteiger partial charge is 0.257 e. The van der Waals surface area contributed by atoms with Crippen LogP contribution in [0.2, 0.25) is 15.1 Å². The predicted molar refractivity (Wildman–Crippen MR) is 112 cm³/mol. The van der Waals surface area contributed by atoms with Gasteiger partial charge >= 0.3 is 0 Å². The standard InChI is InChI=1S/C20H18Cl3FN2O3/c1-12(20(28)26-10-13-2-4-15(21)17(23)8-13)6-7-25-19(27)11-29-14-3-5-16(22)18(24)9-14/h2-5,8-9H,1,6-7,10-11H2,(H,25,27)(H,26,28). The van der Waals surface area contributed by atoms with Crippen LogP contribution in [0.1, 0.15) is 12.0 Å². The molecule has 0 aliphatic heterocycles. The Morgan fingerprint density at radius 2 is 1.72 bits per heavy atom. The van der Waals surface area contributed by atoms with E-state index in [0.717, 1.165) is 11.6 Å². The van der Waals surface area contributed by atoms with E-state index in [9.17, 15) is 14.0 Å². The summed E-state index contributed by atoms with van der Waals surface area (Å²) in [5.74, 6) is -1.19. The highest BCUT2D eigenvalue weighted by molar-refractivity contribution is 6.42. The van der Waals surface area contributed by atoms with Crippen LogP contribution >= 0.6 is 34.8 Å². The molecule has 0 fully saturated rings. The highest BCUT2D eigenvalue weighted by atomic mass is 35.5. The van der Waals surface area contributed by atoms with Gasteiger partial charge in [-0.2, -0.15) is 0 Å². The Balaban J connectivity index is 1.67. The van der Waals surface area contributed by atoms with Crippen LogP contribution in [0.15, 0.2) is 48.6 Å². The van der Waals surface area contributed by atoms with Crippen LogP contribution < -0.4 is 15.4 Å². The molecule has 0 atom stereocenters. The average Bonchev–Trinajstić information content (AvgIpc) is 2.69. The van der Waals surface area contributed by atoms with E-state index in [-0.39, 0.29) is 42.8 Å². The zero-order valence-electron chi connectivity index (χ0n) is 15.2. The molecule has 2 aromatic carbocycles. The second kappa shape index (κ2) is 11.0. The summed E-state index contributed by atoms with van der Waals surface area (Å²) in [6.07, 6.45) is 0.258. The quantitative estimate of drug-likeness (QED) is 0.541. The van der Waals surface area contributed by atoms with Crippen molar-refractivity contribution in [2.75, 3.05) is 13.2 Å². The summed E-state index contributed by atoms with van der Waals surface area (Å²) in [5, 5.41) is 6.12. The molecule has 2 rings (SSSR count). The number of nitrogens with one attached hydrogen (secondary N) is 2. The molecule has 2 N–H and O–H groups in total. The lowest BCUT2D eigenvalue weighted by molar-refractivity contribution is -0.123. The lowest BCUT2D eigenvalue weighted by Crippen LogP contribution is -2.31. The van der Waals surface area contributed by atoms with Gasteiger partial charge in [-0.05, 0) is 36.2 Å². The largest absolute Gasteiger partial charge is 0.484 e. The third-order valence-corrected chi connectivity index (χ3v) is 4.81. The molecule has 0 saturated heterocycles. The van der Waals surface area contributed by atoms with Gasteiger partial charge in [0.05, 0.1) is 15.1 Å². The Hall–Kier alpha value is -2.28. The molecule has 29 heavy (non-hydrogen) atoms. The van der Waals surface area contributed by atoms with Crippen molar-refractivity contribution in [3.05, 3.63) is 75.0 Å². The Morgan fingerprint density at radius 3 is 2.41 bits per heavy atom. The van der Waals surface area contributed by atoms with Crippen LogP contribution in [0.25, 0.3) is 0 Å². The Bertz CT molecular complexity index is 922. The van der Waals surface area contributed by atoms with Crippen molar-refractivity contribution in [1.29, 1.82) is 0 Å². The number of halogens is 4. The molecular weight excluding hydrogens is 442 g/mol. The Kier molecular flexibility index (Phi) is 8.76. The molecule has 0 unspecified atom stereocenters. The minimum Gasteiger partial charge on any atom is -0.484 e. The van der Waals surface area contributed by atoms with Crippen molar-refractivity contribution in [1.82, 2.24) is 10.6 Å². The number of hydrogen-bond donors (Lipinski definition) is 2. The molecule has 0 aromatic heterocycles. The van der Waals surface area contributed by atoms with Crippen LogP contribution in [-0.2, 0) is 16.1 Å². The number of carbonyl (C=O) groups is 2. The summed E-state index contributed by atoms with van der Waals surface area (Å²) >= 11 is 17.4. The van der Waals surface area contributed by atoms with E-state index in [2.05, 4.69) is 17.2 Å². The second-order valence-corrected chi connectivity index (χ2v) is 7.22. The van der Waals surface area contributed by atoms with Gasteiger partial charge in [-0.15, -0.1) is 0 Å². The van der Waals surface area contributed by atoms with Crippen LogP contribution in [-0.4, -0.2) is 25.0 Å². The molecule has 5 nitrogen and oxygen atoms in total. The Labute approximate surface area is 182 Å². The highest BCUT2D eigenvalue weighted by Gasteiger charge is 2.09. The summed E-state index contributed by atoms with van der Waals surface area (Å²) < 4.78 is 18.5. The van der Waals surface area contributed by atoms with Gasteiger partial charge in [-0.1, -0.05) is 47.4 Å². The SMILES string of the molecule is C=C(CCNC(=O)COc1ccc(Cl)c(F)c1)C(=O)NCc1ccc(Cl)c(Cl)c1. The van der Waals surface area contributed by atoms with E-state index in [0.29, 0.717) is 15.6 Å². The summed E-state index contributed by atoms with van der Waals surface area (Å²) in [4.78, 5) is 23.8. The number of hydrogen-bond acceptors (Lipinski definition) is 3. The van der Waals surface area contributed by atoms with Crippen molar-refractivity contribution in [2.45, 2.75) is 13.0 Å². The van der Waals surface area contributed by atoms with E-state index < -0.39 is 11.7 Å². The van der Waals surface area contributed by atoms with E-state index in [4.69, 9.17) is 39.5 Å². The van der Waals surface area contributed by atoms with Gasteiger partial charge in [0.1, 0.15) is 11.6 Å². The van der Waals surface area contributed by atoms with Gasteiger partial charge in [0.25, 0.3) is 5.91 Å². The summed E-state index contributed by atoms with van der Waals surface area (Å²) in [6, 6.07) is 8.96. The molecule has 2 aromatic rings. The van der Waals surface area contributed by atoms with Crippen LogP contribution in [0.3, 0.4) is 0 Å². The van der Waals surface area contributed by atoms with Gasteiger partial charge in [0, 0.05) is 24.7 Å². The first-order valence-electron chi connectivity index (χ1n) is 8.50. The molecule has 0 spiro atoms. The van der Waals surface area contributed by atoms with Gasteiger partial charge in [0.2, 0.25) is 5.91 Å². The third kappa shape index (κ3) is 7.57. The van der Waals surface area contributed by atoms with Gasteiger partial charge in [-0.25, -0.2) is 4.39 Å². The Morgan fingerprint density at radius 1 is 1.00 bits per heavy atom. The molecule has 154 valence electrons. The van der Waals surface area contributed by atoms with Gasteiger partial charge < -0.3 is 15.4 Å². The molecular formula is C20H18Cl3FN2O3. The van der Waals surface area contributed by atoms with Gasteiger partial charge in [0.15, 0.2) is 6.61 Å². The summed E-state index contributed by atoms with van der Waals surface area (Å²) in [7, 11) is 0. The number of rotatable bonds is 9. The maximum atomic E-state index is 13.3. The molecule has 0 aliphatic carbocycles. The fourth-order valence-corrected chi connectivity index (χ4v) is 2.63. The fourth-order valence-electron chi connectivity index (χ4n) is 2.19.